The number of pyridine rings is 1. The molecule has 0 bridgehead atoms. The molecule has 0 unspecified atom stereocenters. The molecule has 35 heavy (non-hydrogen) atoms. The second-order valence-electron chi connectivity index (χ2n) is 8.58. The first-order valence-electron chi connectivity index (χ1n) is 10.9. The van der Waals surface area contributed by atoms with Crippen LogP contribution in [0.1, 0.15) is 31.2 Å². The number of phosphoric ester groups is 1. The summed E-state index contributed by atoms with van der Waals surface area (Å²) in [6.45, 7) is 8.24. The van der Waals surface area contributed by atoms with Gasteiger partial charge in [-0.05, 0) is 18.6 Å². The molecule has 0 saturated carbocycles. The molecule has 184 valence electrons. The van der Waals surface area contributed by atoms with E-state index in [1.54, 1.807) is 30.3 Å². The molecule has 2 saturated heterocycles. The predicted octanol–water partition coefficient (Wildman–Crippen LogP) is 2.88. The molecule has 0 aliphatic carbocycles. The Morgan fingerprint density at radius 1 is 1.34 bits per heavy atom. The molecule has 13 heteroatoms. The third kappa shape index (κ3) is 4.32. The number of hydrogen-bond donors (Lipinski definition) is 3. The Hall–Kier alpha value is -2.88. The molecule has 1 aromatic carbocycles. The number of nitrogens with two attached hydrogens (primary N) is 1. The van der Waals surface area contributed by atoms with Gasteiger partial charge in [0.25, 0.3) is 0 Å². The Morgan fingerprint density at radius 2 is 2.11 bits per heavy atom. The molecule has 2 aromatic heterocycles. The van der Waals surface area contributed by atoms with Crippen molar-refractivity contribution in [2.75, 3.05) is 18.9 Å². The van der Waals surface area contributed by atoms with E-state index in [0.717, 1.165) is 5.56 Å². The Bertz CT molecular complexity index is 1320. The minimum atomic E-state index is -3.98. The molecule has 3 aromatic rings. The fourth-order valence-electron chi connectivity index (χ4n) is 4.24. The number of aromatic nitrogens is 3. The highest BCUT2D eigenvalue weighted by molar-refractivity contribution is 7.48. The number of nitrogen functional groups attached to an aromatic ring is 1. The lowest BCUT2D eigenvalue weighted by molar-refractivity contribution is -0.0953. The van der Waals surface area contributed by atoms with E-state index in [0.29, 0.717) is 29.0 Å². The lowest BCUT2D eigenvalue weighted by Crippen LogP contribution is -2.44. The Kier molecular flexibility index (Phi) is 6.11. The van der Waals surface area contributed by atoms with Crippen LogP contribution in [0.3, 0.4) is 0 Å². The summed E-state index contributed by atoms with van der Waals surface area (Å²) in [5, 5.41) is 21.8. The van der Waals surface area contributed by atoms with Gasteiger partial charge in [0.15, 0.2) is 17.6 Å². The van der Waals surface area contributed by atoms with Gasteiger partial charge in [0, 0.05) is 12.6 Å². The van der Waals surface area contributed by atoms with Crippen molar-refractivity contribution < 1.29 is 33.1 Å². The Morgan fingerprint density at radius 3 is 2.86 bits per heavy atom. The monoisotopic (exact) mass is 501 g/mol. The van der Waals surface area contributed by atoms with Crippen LogP contribution >= 0.6 is 7.82 Å². The van der Waals surface area contributed by atoms with Gasteiger partial charge in [-0.3, -0.25) is 18.1 Å². The van der Waals surface area contributed by atoms with Crippen molar-refractivity contribution in [3.8, 4) is 0 Å². The average Bonchev–Trinajstić information content (AvgIpc) is 3.37. The van der Waals surface area contributed by atoms with Gasteiger partial charge >= 0.3 is 7.82 Å². The van der Waals surface area contributed by atoms with Crippen molar-refractivity contribution in [2.24, 2.45) is 0 Å². The number of ether oxygens (including phenoxy) is 1. The topological polar surface area (TPSA) is 156 Å². The summed E-state index contributed by atoms with van der Waals surface area (Å²) in [5.74, 6) is 0. The highest BCUT2D eigenvalue weighted by Crippen LogP contribution is 2.57. The smallest absolute Gasteiger partial charge is 0.397 e. The first kappa shape index (κ1) is 23.8. The molecule has 4 N–H and O–H groups in total. The van der Waals surface area contributed by atoms with Crippen molar-refractivity contribution >= 4 is 30.4 Å². The fourth-order valence-corrected chi connectivity index (χ4v) is 5.63. The van der Waals surface area contributed by atoms with Crippen LogP contribution in [0.15, 0.2) is 42.9 Å². The van der Waals surface area contributed by atoms with Gasteiger partial charge in [0.1, 0.15) is 23.3 Å². The van der Waals surface area contributed by atoms with Gasteiger partial charge < -0.3 is 20.7 Å². The van der Waals surface area contributed by atoms with Gasteiger partial charge in [0.2, 0.25) is 0 Å². The molecule has 0 amide bonds. The normalized spacial score (nSPS) is 33.1. The number of phosphoric acid groups is 1. The predicted molar refractivity (Wildman–Crippen MR) is 123 cm³/mol. The zero-order chi connectivity index (χ0) is 24.8. The standard InChI is InChI=1S/C22H24N5O7P/c1-22(29)19(28)17(33-21(22)27-12-26-18-15(23)7-9-25-20(18)27)11-32-35(30)31-10-8-16(34-35)13-3-5-14(24-2)6-4-13/h3-7,9,12,16-17,19,21,28-29H,8,10-11H2,1H3,(H2,23,25)/t16-,17-,19-,21-,22-,35+/m1/s1. The third-order valence-electron chi connectivity index (χ3n) is 6.18. The van der Waals surface area contributed by atoms with Crippen molar-refractivity contribution in [2.45, 2.75) is 43.5 Å². The largest absolute Gasteiger partial charge is 0.475 e. The molecule has 2 fully saturated rings. The van der Waals surface area contributed by atoms with Gasteiger partial charge in [-0.15, -0.1) is 0 Å². The van der Waals surface area contributed by atoms with Crippen LogP contribution in [0, 0.1) is 6.57 Å². The van der Waals surface area contributed by atoms with Crippen molar-refractivity contribution in [1.82, 2.24) is 14.5 Å². The lowest BCUT2D eigenvalue weighted by Gasteiger charge is -2.30. The van der Waals surface area contributed by atoms with E-state index < -0.39 is 38.0 Å². The fraction of sp³-hybridized carbons (Fsp3) is 0.409. The van der Waals surface area contributed by atoms with Crippen LogP contribution in [-0.2, 0) is 22.9 Å². The summed E-state index contributed by atoms with van der Waals surface area (Å²) in [6, 6.07) is 8.37. The van der Waals surface area contributed by atoms with Crippen molar-refractivity contribution in [3.63, 3.8) is 0 Å². The van der Waals surface area contributed by atoms with Gasteiger partial charge in [-0.2, -0.15) is 0 Å². The molecule has 0 radical (unpaired) electrons. The second kappa shape index (κ2) is 8.96. The number of anilines is 1. The Labute approximate surface area is 200 Å². The molecular weight excluding hydrogens is 477 g/mol. The quantitative estimate of drug-likeness (QED) is 0.351. The summed E-state index contributed by atoms with van der Waals surface area (Å²) in [5.41, 5.74) is 6.64. The molecule has 6 atom stereocenters. The minimum Gasteiger partial charge on any atom is -0.397 e. The highest BCUT2D eigenvalue weighted by Gasteiger charge is 2.54. The highest BCUT2D eigenvalue weighted by atomic mass is 31.2. The van der Waals surface area contributed by atoms with Crippen LogP contribution in [0.5, 0.6) is 0 Å². The first-order valence-corrected chi connectivity index (χ1v) is 12.4. The van der Waals surface area contributed by atoms with Gasteiger partial charge in [-0.1, -0.05) is 24.3 Å². The average molecular weight is 501 g/mol. The SMILES string of the molecule is [C-]#[N+]c1ccc([C@H]2CCO[P@@](=O)(OC[C@H]3O[C@@H](n4cnc5c(N)ccnc54)[C@](C)(O)[C@@H]3O)O2)cc1. The molecule has 5 rings (SSSR count). The number of imidazole rings is 1. The van der Waals surface area contributed by atoms with Crippen molar-refractivity contribution in [1.29, 1.82) is 0 Å². The molecule has 0 spiro atoms. The van der Waals surface area contributed by atoms with E-state index in [1.807, 2.05) is 0 Å². The van der Waals surface area contributed by atoms with Gasteiger partial charge in [0.05, 0.1) is 37.9 Å². The number of benzene rings is 1. The minimum absolute atomic E-state index is 0.134. The molecule has 12 nitrogen and oxygen atoms in total. The summed E-state index contributed by atoms with van der Waals surface area (Å²) >= 11 is 0. The summed E-state index contributed by atoms with van der Waals surface area (Å²) < 4.78 is 37.0. The molecule has 2 aliphatic rings. The van der Waals surface area contributed by atoms with Crippen molar-refractivity contribution in [3.05, 3.63) is 59.8 Å². The van der Waals surface area contributed by atoms with E-state index in [-0.39, 0.29) is 13.2 Å². The number of rotatable bonds is 5. The summed E-state index contributed by atoms with van der Waals surface area (Å²) in [6.07, 6.45) is -0.673. The molecular formula is C22H24N5O7P. The zero-order valence-electron chi connectivity index (χ0n) is 18.7. The van der Waals surface area contributed by atoms with Crippen LogP contribution < -0.4 is 5.73 Å². The number of nitrogens with zero attached hydrogens (tertiary/aromatic N) is 4. The zero-order valence-corrected chi connectivity index (χ0v) is 19.6. The lowest BCUT2D eigenvalue weighted by atomic mass is 9.96. The second-order valence-corrected chi connectivity index (χ2v) is 10.2. The maximum absolute atomic E-state index is 13.1. The number of hydrogen-bond acceptors (Lipinski definition) is 10. The van der Waals surface area contributed by atoms with E-state index in [2.05, 4.69) is 14.8 Å². The summed E-state index contributed by atoms with van der Waals surface area (Å²) in [4.78, 5) is 11.8. The maximum atomic E-state index is 13.1. The maximum Gasteiger partial charge on any atom is 0.475 e. The first-order chi connectivity index (χ1) is 16.7. The Balaban J connectivity index is 1.29. The van der Waals surface area contributed by atoms with E-state index in [4.69, 9.17) is 30.6 Å². The summed E-state index contributed by atoms with van der Waals surface area (Å²) in [7, 11) is -3.98. The van der Waals surface area contributed by atoms with E-state index in [9.17, 15) is 14.8 Å². The molecule has 2 aliphatic heterocycles. The van der Waals surface area contributed by atoms with E-state index >= 15 is 0 Å². The van der Waals surface area contributed by atoms with Crippen LogP contribution in [0.4, 0.5) is 11.4 Å². The third-order valence-corrected chi connectivity index (χ3v) is 7.65. The number of fused-ring (bicyclic) bond motifs is 1. The van der Waals surface area contributed by atoms with Crippen LogP contribution in [-0.4, -0.2) is 55.8 Å². The van der Waals surface area contributed by atoms with Crippen LogP contribution in [0.2, 0.25) is 0 Å². The number of aliphatic hydroxyl groups excluding tert-OH is 1. The number of aliphatic hydroxyl groups is 2. The van der Waals surface area contributed by atoms with Gasteiger partial charge in [-0.25, -0.2) is 19.4 Å². The molecule has 4 heterocycles. The van der Waals surface area contributed by atoms with E-state index in [1.165, 1.54) is 24.0 Å². The van der Waals surface area contributed by atoms with Crippen LogP contribution in [0.25, 0.3) is 16.0 Å².